The monoisotopic (exact) mass is 527 g/mol. The summed E-state index contributed by atoms with van der Waals surface area (Å²) in [5, 5.41) is 14.8. The number of nitrogens with one attached hydrogen (secondary N) is 2. The molecule has 0 saturated carbocycles. The van der Waals surface area contributed by atoms with E-state index in [0.717, 1.165) is 5.56 Å². The Balaban J connectivity index is 2.45. The fraction of sp³-hybridized carbons (Fsp3) is 0.429. The minimum absolute atomic E-state index is 0.0635. The average Bonchev–Trinajstić information content (AvgIpc) is 2.85. The van der Waals surface area contributed by atoms with E-state index in [1.807, 2.05) is 19.1 Å². The maximum Gasteiger partial charge on any atom is 0.408 e. The summed E-state index contributed by atoms with van der Waals surface area (Å²) in [6.07, 6.45) is -0.702. The number of phenols is 1. The lowest BCUT2D eigenvalue weighted by atomic mass is 9.99. The van der Waals surface area contributed by atoms with Crippen molar-refractivity contribution in [1.82, 2.24) is 15.5 Å². The Labute approximate surface area is 223 Å². The molecule has 10 heteroatoms. The molecule has 0 spiro atoms. The molecule has 0 aromatic heterocycles. The van der Waals surface area contributed by atoms with Crippen LogP contribution in [0, 0.1) is 6.92 Å². The minimum Gasteiger partial charge on any atom is -0.508 e. The number of aromatic hydroxyl groups is 1. The molecule has 3 amide bonds. The SMILES string of the molecule is CCN(C(=O)C(Cc1ccc(O)cc1)NC(=O)OC(C)(C)C)C(C(=O)NCC(=O)OC)c1ccc(C)cc1. The molecule has 2 unspecified atom stereocenters. The van der Waals surface area contributed by atoms with E-state index in [1.165, 1.54) is 24.1 Å². The highest BCUT2D eigenvalue weighted by atomic mass is 16.6. The van der Waals surface area contributed by atoms with E-state index in [9.17, 15) is 24.3 Å². The van der Waals surface area contributed by atoms with Gasteiger partial charge in [-0.05, 0) is 57.9 Å². The van der Waals surface area contributed by atoms with Gasteiger partial charge < -0.3 is 30.1 Å². The number of rotatable bonds is 10. The molecule has 0 aliphatic rings. The van der Waals surface area contributed by atoms with Gasteiger partial charge in [0.05, 0.1) is 7.11 Å². The van der Waals surface area contributed by atoms with Crippen molar-refractivity contribution < 1.29 is 33.8 Å². The third-order valence-electron chi connectivity index (χ3n) is 5.58. The van der Waals surface area contributed by atoms with Gasteiger partial charge in [-0.1, -0.05) is 42.0 Å². The van der Waals surface area contributed by atoms with Crippen LogP contribution < -0.4 is 10.6 Å². The summed E-state index contributed by atoms with van der Waals surface area (Å²) in [6, 6.07) is 11.2. The number of amides is 3. The topological polar surface area (TPSA) is 134 Å². The average molecular weight is 528 g/mol. The number of aryl methyl sites for hydroxylation is 1. The van der Waals surface area contributed by atoms with Crippen molar-refractivity contribution in [1.29, 1.82) is 0 Å². The predicted molar refractivity (Wildman–Crippen MR) is 141 cm³/mol. The molecule has 206 valence electrons. The lowest BCUT2D eigenvalue weighted by Crippen LogP contribution is -2.54. The van der Waals surface area contributed by atoms with Crippen LogP contribution in [0.1, 0.15) is 50.4 Å². The van der Waals surface area contributed by atoms with Gasteiger partial charge in [0.25, 0.3) is 0 Å². The Morgan fingerprint density at radius 2 is 1.61 bits per heavy atom. The van der Waals surface area contributed by atoms with Gasteiger partial charge in [-0.3, -0.25) is 14.4 Å². The first-order valence-corrected chi connectivity index (χ1v) is 12.3. The summed E-state index contributed by atoms with van der Waals surface area (Å²) < 4.78 is 10.00. The van der Waals surface area contributed by atoms with Crippen molar-refractivity contribution in [3.8, 4) is 5.75 Å². The van der Waals surface area contributed by atoms with Gasteiger partial charge in [-0.2, -0.15) is 0 Å². The van der Waals surface area contributed by atoms with Gasteiger partial charge in [0.2, 0.25) is 11.8 Å². The number of likely N-dealkylation sites (N-methyl/N-ethyl adjacent to an activating group) is 1. The second-order valence-electron chi connectivity index (χ2n) is 9.80. The number of hydrogen-bond acceptors (Lipinski definition) is 7. The molecule has 0 bridgehead atoms. The normalized spacial score (nSPS) is 12.6. The lowest BCUT2D eigenvalue weighted by molar-refractivity contribution is -0.144. The minimum atomic E-state index is -1.09. The van der Waals surface area contributed by atoms with Crippen molar-refractivity contribution in [3.63, 3.8) is 0 Å². The highest BCUT2D eigenvalue weighted by Crippen LogP contribution is 2.24. The molecule has 3 N–H and O–H groups in total. The summed E-state index contributed by atoms with van der Waals surface area (Å²) in [7, 11) is 1.21. The smallest absolute Gasteiger partial charge is 0.408 e. The quantitative estimate of drug-likeness (QED) is 0.404. The standard InChI is InChI=1S/C28H37N3O7/c1-7-31(24(20-12-8-18(2)9-13-20)25(34)29-17-23(33)37-6)26(35)22(30-27(36)38-28(3,4)5)16-19-10-14-21(32)15-11-19/h8-15,22,24,32H,7,16-17H2,1-6H3,(H,29,34)(H,30,36). The van der Waals surface area contributed by atoms with Crippen LogP contribution in [0.5, 0.6) is 5.75 Å². The van der Waals surface area contributed by atoms with Crippen LogP contribution in [0.3, 0.4) is 0 Å². The Morgan fingerprint density at radius 3 is 2.13 bits per heavy atom. The number of hydrogen-bond donors (Lipinski definition) is 3. The summed E-state index contributed by atoms with van der Waals surface area (Å²) >= 11 is 0. The van der Waals surface area contributed by atoms with Crippen LogP contribution in [0.2, 0.25) is 0 Å². The van der Waals surface area contributed by atoms with E-state index in [2.05, 4.69) is 15.4 Å². The number of benzene rings is 2. The van der Waals surface area contributed by atoms with Crippen LogP contribution in [0.25, 0.3) is 0 Å². The van der Waals surface area contributed by atoms with Crippen LogP contribution >= 0.6 is 0 Å². The number of methoxy groups -OCH3 is 1. The first-order valence-electron chi connectivity index (χ1n) is 12.3. The Hall–Kier alpha value is -4.08. The highest BCUT2D eigenvalue weighted by molar-refractivity contribution is 5.93. The molecular weight excluding hydrogens is 490 g/mol. The highest BCUT2D eigenvalue weighted by Gasteiger charge is 2.35. The van der Waals surface area contributed by atoms with E-state index in [0.29, 0.717) is 11.1 Å². The second kappa shape index (κ2) is 13.5. The molecule has 38 heavy (non-hydrogen) atoms. The van der Waals surface area contributed by atoms with Crippen LogP contribution in [-0.2, 0) is 30.3 Å². The molecule has 2 rings (SSSR count). The predicted octanol–water partition coefficient (Wildman–Crippen LogP) is 3.02. The van der Waals surface area contributed by atoms with E-state index >= 15 is 0 Å². The maximum atomic E-state index is 14.0. The number of alkyl carbamates (subject to hydrolysis) is 1. The number of phenolic OH excluding ortho intramolecular Hbond substituents is 1. The van der Waals surface area contributed by atoms with Crippen molar-refractivity contribution in [2.75, 3.05) is 20.2 Å². The Kier molecular flexibility index (Phi) is 10.7. The maximum absolute atomic E-state index is 14.0. The summed E-state index contributed by atoms with van der Waals surface area (Å²) in [5.74, 6) is -1.67. The van der Waals surface area contributed by atoms with Gasteiger partial charge in [0.15, 0.2) is 0 Å². The van der Waals surface area contributed by atoms with Crippen molar-refractivity contribution in [3.05, 3.63) is 65.2 Å². The van der Waals surface area contributed by atoms with E-state index in [-0.39, 0.29) is 25.3 Å². The molecule has 0 saturated heterocycles. The van der Waals surface area contributed by atoms with Crippen molar-refractivity contribution >= 4 is 23.9 Å². The molecule has 2 aromatic carbocycles. The Morgan fingerprint density at radius 1 is 1.00 bits per heavy atom. The zero-order chi connectivity index (χ0) is 28.5. The Bertz CT molecular complexity index is 1110. The summed E-state index contributed by atoms with van der Waals surface area (Å²) in [5.41, 5.74) is 1.39. The van der Waals surface area contributed by atoms with Crippen molar-refractivity contribution in [2.45, 2.75) is 58.7 Å². The molecule has 0 radical (unpaired) electrons. The van der Waals surface area contributed by atoms with Crippen LogP contribution in [-0.4, -0.2) is 65.7 Å². The van der Waals surface area contributed by atoms with Crippen LogP contribution in [0.4, 0.5) is 4.79 Å². The van der Waals surface area contributed by atoms with Gasteiger partial charge in [0, 0.05) is 13.0 Å². The number of ether oxygens (including phenoxy) is 2. The van der Waals surface area contributed by atoms with Crippen LogP contribution in [0.15, 0.2) is 48.5 Å². The number of carbonyl (C=O) groups excluding carboxylic acids is 4. The van der Waals surface area contributed by atoms with E-state index in [4.69, 9.17) is 4.74 Å². The number of carbonyl (C=O) groups is 4. The first kappa shape index (κ1) is 30.1. The second-order valence-corrected chi connectivity index (χ2v) is 9.80. The molecule has 2 atom stereocenters. The third-order valence-corrected chi connectivity index (χ3v) is 5.58. The van der Waals surface area contributed by atoms with E-state index < -0.39 is 41.6 Å². The largest absolute Gasteiger partial charge is 0.508 e. The fourth-order valence-electron chi connectivity index (χ4n) is 3.73. The zero-order valence-electron chi connectivity index (χ0n) is 22.7. The molecule has 0 fully saturated rings. The molecule has 2 aromatic rings. The van der Waals surface area contributed by atoms with Gasteiger partial charge in [-0.15, -0.1) is 0 Å². The number of nitrogens with zero attached hydrogens (tertiary/aromatic N) is 1. The van der Waals surface area contributed by atoms with Gasteiger partial charge in [0.1, 0.15) is 30.0 Å². The third kappa shape index (κ3) is 9.10. The summed E-state index contributed by atoms with van der Waals surface area (Å²) in [4.78, 5) is 53.0. The molecule has 10 nitrogen and oxygen atoms in total. The fourth-order valence-corrected chi connectivity index (χ4v) is 3.73. The van der Waals surface area contributed by atoms with Gasteiger partial charge >= 0.3 is 12.1 Å². The molecular formula is C28H37N3O7. The first-order chi connectivity index (χ1) is 17.8. The molecule has 0 heterocycles. The zero-order valence-corrected chi connectivity index (χ0v) is 22.7. The molecule has 0 aliphatic heterocycles. The lowest BCUT2D eigenvalue weighted by Gasteiger charge is -2.33. The van der Waals surface area contributed by atoms with E-state index in [1.54, 1.807) is 52.0 Å². The van der Waals surface area contributed by atoms with Gasteiger partial charge in [-0.25, -0.2) is 4.79 Å². The van der Waals surface area contributed by atoms with Crippen molar-refractivity contribution in [2.24, 2.45) is 0 Å². The molecule has 0 aliphatic carbocycles. The number of esters is 1. The summed E-state index contributed by atoms with van der Waals surface area (Å²) in [6.45, 7) is 8.51.